The molecule has 0 fully saturated rings. The van der Waals surface area contributed by atoms with E-state index in [4.69, 9.17) is 0 Å². The average molecular weight is 414 g/mol. The van der Waals surface area contributed by atoms with Gasteiger partial charge < -0.3 is 5.11 Å². The molecule has 3 heterocycles. The Labute approximate surface area is 165 Å². The van der Waals surface area contributed by atoms with Crippen molar-refractivity contribution in [2.24, 2.45) is 0 Å². The third kappa shape index (κ3) is 2.86. The maximum atomic E-state index is 13.0. The number of anilines is 1. The molecule has 3 aromatic rings. The molecule has 0 unspecified atom stereocenters. The van der Waals surface area contributed by atoms with Gasteiger partial charge in [0.25, 0.3) is 11.6 Å². The summed E-state index contributed by atoms with van der Waals surface area (Å²) < 4.78 is 0. The van der Waals surface area contributed by atoms with E-state index in [1.807, 2.05) is 0 Å². The number of nitro benzene ring substituents is 1. The van der Waals surface area contributed by atoms with E-state index in [2.05, 4.69) is 10.2 Å². The van der Waals surface area contributed by atoms with Crippen molar-refractivity contribution >= 4 is 45.2 Å². The summed E-state index contributed by atoms with van der Waals surface area (Å²) in [5.74, 6) is -2.04. The first-order valence-corrected chi connectivity index (χ1v) is 9.60. The number of carbonyl (C=O) groups is 2. The summed E-state index contributed by atoms with van der Waals surface area (Å²) in [4.78, 5) is 37.9. The quantitative estimate of drug-likeness (QED) is 0.385. The van der Waals surface area contributed by atoms with Crippen molar-refractivity contribution < 1.29 is 19.6 Å². The number of amides is 1. The van der Waals surface area contributed by atoms with Gasteiger partial charge in [-0.25, -0.2) is 0 Å². The third-order valence-electron chi connectivity index (χ3n) is 4.15. The largest absolute Gasteiger partial charge is 0.503 e. The minimum Gasteiger partial charge on any atom is -0.503 e. The molecule has 2 aromatic heterocycles. The van der Waals surface area contributed by atoms with Crippen LogP contribution in [0.2, 0.25) is 0 Å². The third-order valence-corrected chi connectivity index (χ3v) is 5.71. The molecule has 1 atom stereocenters. The second kappa shape index (κ2) is 6.94. The van der Waals surface area contributed by atoms with Crippen LogP contribution in [0, 0.1) is 10.1 Å². The number of Topliss-reactive ketones (excluding diaryl/α,β-unsaturated/α-hetero) is 1. The molecule has 1 aliphatic heterocycles. The van der Waals surface area contributed by atoms with E-state index >= 15 is 0 Å². The lowest BCUT2D eigenvalue weighted by Gasteiger charge is -2.23. The number of nitro groups is 1. The van der Waals surface area contributed by atoms with Gasteiger partial charge in [0.1, 0.15) is 5.51 Å². The second-order valence-electron chi connectivity index (χ2n) is 5.72. The van der Waals surface area contributed by atoms with Gasteiger partial charge in [-0.05, 0) is 17.0 Å². The molecule has 11 heteroatoms. The highest BCUT2D eigenvalue weighted by Gasteiger charge is 2.46. The van der Waals surface area contributed by atoms with Crippen LogP contribution in [0.4, 0.5) is 10.8 Å². The lowest BCUT2D eigenvalue weighted by atomic mass is 9.95. The minimum absolute atomic E-state index is 0.150. The Kier molecular flexibility index (Phi) is 4.45. The van der Waals surface area contributed by atoms with Gasteiger partial charge in [0.2, 0.25) is 10.9 Å². The first-order chi connectivity index (χ1) is 13.5. The molecule has 1 aliphatic rings. The van der Waals surface area contributed by atoms with Crippen LogP contribution in [-0.2, 0) is 4.79 Å². The Bertz CT molecular complexity index is 1110. The molecule has 0 aliphatic carbocycles. The molecule has 9 nitrogen and oxygen atoms in total. The highest BCUT2D eigenvalue weighted by molar-refractivity contribution is 7.13. The van der Waals surface area contributed by atoms with Crippen molar-refractivity contribution in [1.29, 1.82) is 0 Å². The van der Waals surface area contributed by atoms with Gasteiger partial charge in [-0.1, -0.05) is 29.5 Å². The Morgan fingerprint density at radius 1 is 1.25 bits per heavy atom. The van der Waals surface area contributed by atoms with Crippen molar-refractivity contribution in [3.05, 3.63) is 79.2 Å². The van der Waals surface area contributed by atoms with Gasteiger partial charge in [0.05, 0.1) is 21.4 Å². The molecule has 1 N–H and O–H groups in total. The van der Waals surface area contributed by atoms with Crippen LogP contribution in [0.1, 0.15) is 21.3 Å². The van der Waals surface area contributed by atoms with Gasteiger partial charge in [-0.15, -0.1) is 21.5 Å². The number of hydrogen-bond acceptors (Lipinski definition) is 9. The van der Waals surface area contributed by atoms with Gasteiger partial charge in [0.15, 0.2) is 5.76 Å². The maximum absolute atomic E-state index is 13.0. The molecule has 0 radical (unpaired) electrons. The monoisotopic (exact) mass is 414 g/mol. The first-order valence-electron chi connectivity index (χ1n) is 7.84. The summed E-state index contributed by atoms with van der Waals surface area (Å²) in [5.41, 5.74) is 1.37. The number of aliphatic hydroxyl groups is 1. The summed E-state index contributed by atoms with van der Waals surface area (Å²) in [6.45, 7) is 0. The van der Waals surface area contributed by atoms with Gasteiger partial charge >= 0.3 is 0 Å². The summed E-state index contributed by atoms with van der Waals surface area (Å²) in [5, 5.41) is 31.1. The van der Waals surface area contributed by atoms with Gasteiger partial charge in [-0.2, -0.15) is 0 Å². The predicted molar refractivity (Wildman–Crippen MR) is 102 cm³/mol. The number of rotatable bonds is 5. The fraction of sp³-hybridized carbons (Fsp3) is 0.0588. The maximum Gasteiger partial charge on any atom is 0.296 e. The van der Waals surface area contributed by atoms with Crippen LogP contribution in [0.5, 0.6) is 0 Å². The standard InChI is InChI=1S/C17H10N4O5S2/c22-14(11-5-2-6-27-11)12-13(9-3-1-4-10(7-9)21(25)26)20(16(24)15(12)23)17-19-18-8-28-17/h1-8,13,23H/t13-/m0/s1. The number of benzene rings is 1. The van der Waals surface area contributed by atoms with E-state index in [0.717, 1.165) is 16.2 Å². The summed E-state index contributed by atoms with van der Waals surface area (Å²) in [6, 6.07) is 7.78. The molecule has 1 aromatic carbocycles. The molecule has 0 bridgehead atoms. The van der Waals surface area contributed by atoms with Crippen molar-refractivity contribution in [1.82, 2.24) is 10.2 Å². The van der Waals surface area contributed by atoms with Crippen LogP contribution in [-0.4, -0.2) is 31.9 Å². The fourth-order valence-corrected chi connectivity index (χ4v) is 4.23. The van der Waals surface area contributed by atoms with Crippen molar-refractivity contribution in [3.8, 4) is 0 Å². The number of thiophene rings is 1. The average Bonchev–Trinajstić information content (AvgIpc) is 3.43. The molecule has 0 saturated carbocycles. The number of non-ortho nitro benzene ring substituents is 1. The van der Waals surface area contributed by atoms with Crippen molar-refractivity contribution in [3.63, 3.8) is 0 Å². The summed E-state index contributed by atoms with van der Waals surface area (Å²) in [7, 11) is 0. The molecule has 0 spiro atoms. The molecular weight excluding hydrogens is 404 g/mol. The first kappa shape index (κ1) is 17.9. The Balaban J connectivity index is 1.90. The highest BCUT2D eigenvalue weighted by Crippen LogP contribution is 2.43. The summed E-state index contributed by atoms with van der Waals surface area (Å²) in [6.07, 6.45) is 0. The molecule has 140 valence electrons. The zero-order chi connectivity index (χ0) is 19.8. The van der Waals surface area contributed by atoms with Crippen LogP contribution < -0.4 is 4.90 Å². The fourth-order valence-electron chi connectivity index (χ4n) is 2.97. The van der Waals surface area contributed by atoms with E-state index in [1.165, 1.54) is 35.0 Å². The number of carbonyl (C=O) groups excluding carboxylic acids is 2. The molecule has 1 amide bonds. The van der Waals surface area contributed by atoms with E-state index in [9.17, 15) is 24.8 Å². The van der Waals surface area contributed by atoms with Crippen molar-refractivity contribution in [2.75, 3.05) is 4.90 Å². The summed E-state index contributed by atoms with van der Waals surface area (Å²) >= 11 is 2.22. The predicted octanol–water partition coefficient (Wildman–Crippen LogP) is 3.29. The highest BCUT2D eigenvalue weighted by atomic mass is 32.1. The normalized spacial score (nSPS) is 16.6. The lowest BCUT2D eigenvalue weighted by molar-refractivity contribution is -0.384. The van der Waals surface area contributed by atoms with E-state index < -0.39 is 28.4 Å². The Hall–Kier alpha value is -3.44. The molecule has 28 heavy (non-hydrogen) atoms. The number of ketones is 1. The zero-order valence-corrected chi connectivity index (χ0v) is 15.5. The number of hydrogen-bond donors (Lipinski definition) is 1. The van der Waals surface area contributed by atoms with E-state index in [0.29, 0.717) is 10.4 Å². The second-order valence-corrected chi connectivity index (χ2v) is 7.48. The number of aromatic nitrogens is 2. The smallest absolute Gasteiger partial charge is 0.296 e. The SMILES string of the molecule is O=C(C1=C(O)C(=O)N(c2nncs2)[C@H]1c1cccc([N+](=O)[O-])c1)c1cccs1. The Morgan fingerprint density at radius 3 is 2.71 bits per heavy atom. The minimum atomic E-state index is -1.06. The molecule has 0 saturated heterocycles. The zero-order valence-electron chi connectivity index (χ0n) is 13.9. The van der Waals surface area contributed by atoms with Crippen molar-refractivity contribution in [2.45, 2.75) is 6.04 Å². The van der Waals surface area contributed by atoms with E-state index in [-0.39, 0.29) is 16.4 Å². The van der Waals surface area contributed by atoms with Gasteiger partial charge in [0, 0.05) is 12.1 Å². The Morgan fingerprint density at radius 2 is 2.07 bits per heavy atom. The number of nitrogens with zero attached hydrogens (tertiary/aromatic N) is 4. The van der Waals surface area contributed by atoms with Crippen LogP contribution >= 0.6 is 22.7 Å². The van der Waals surface area contributed by atoms with E-state index in [1.54, 1.807) is 23.6 Å². The lowest BCUT2D eigenvalue weighted by Crippen LogP contribution is -2.31. The topological polar surface area (TPSA) is 127 Å². The van der Waals surface area contributed by atoms with Crippen LogP contribution in [0.15, 0.2) is 58.6 Å². The number of aliphatic hydroxyl groups excluding tert-OH is 1. The van der Waals surface area contributed by atoms with Crippen LogP contribution in [0.3, 0.4) is 0 Å². The molecular formula is C17H10N4O5S2. The van der Waals surface area contributed by atoms with Gasteiger partial charge in [-0.3, -0.25) is 24.6 Å². The van der Waals surface area contributed by atoms with Crippen LogP contribution in [0.25, 0.3) is 0 Å². The molecule has 4 rings (SSSR count).